The van der Waals surface area contributed by atoms with Crippen molar-refractivity contribution >= 4 is 29.3 Å². The lowest BCUT2D eigenvalue weighted by atomic mass is 9.95. The van der Waals surface area contributed by atoms with Gasteiger partial charge < -0.3 is 25.0 Å². The molecule has 0 aromatic heterocycles. The van der Waals surface area contributed by atoms with E-state index in [0.29, 0.717) is 29.4 Å². The summed E-state index contributed by atoms with van der Waals surface area (Å²) in [5.41, 5.74) is 2.83. The quantitative estimate of drug-likeness (QED) is 0.540. The normalized spacial score (nSPS) is 18.7. The Morgan fingerprint density at radius 3 is 2.43 bits per heavy atom. The van der Waals surface area contributed by atoms with Gasteiger partial charge in [-0.3, -0.25) is 4.90 Å². The molecule has 4 rings (SSSR count). The van der Waals surface area contributed by atoms with Crippen LogP contribution < -0.4 is 20.3 Å². The average molecular weight is 499 g/mol. The van der Waals surface area contributed by atoms with Crippen molar-refractivity contribution in [3.8, 4) is 5.75 Å². The summed E-state index contributed by atoms with van der Waals surface area (Å²) >= 11 is 6.05. The predicted octanol–water partition coefficient (Wildman–Crippen LogP) is 3.73. The number of hydrogen-bond acceptors (Lipinski definition) is 6. The average Bonchev–Trinajstić information content (AvgIpc) is 2.85. The van der Waals surface area contributed by atoms with Crippen molar-refractivity contribution in [2.24, 2.45) is 0 Å². The maximum atomic E-state index is 13.0. The zero-order valence-electron chi connectivity index (χ0n) is 20.1. The second-order valence-corrected chi connectivity index (χ2v) is 8.80. The number of carbonyl (C=O) groups excluding carboxylic acids is 2. The van der Waals surface area contributed by atoms with E-state index in [1.54, 1.807) is 19.1 Å². The van der Waals surface area contributed by atoms with Crippen molar-refractivity contribution in [3.63, 3.8) is 0 Å². The zero-order chi connectivity index (χ0) is 24.8. The van der Waals surface area contributed by atoms with Gasteiger partial charge in [-0.15, -0.1) is 0 Å². The van der Waals surface area contributed by atoms with Crippen molar-refractivity contribution < 1.29 is 19.1 Å². The summed E-state index contributed by atoms with van der Waals surface area (Å²) in [6, 6.07) is 14.2. The highest BCUT2D eigenvalue weighted by Crippen LogP contribution is 2.31. The van der Waals surface area contributed by atoms with Gasteiger partial charge in [0.05, 0.1) is 30.5 Å². The van der Waals surface area contributed by atoms with Crippen LogP contribution >= 0.6 is 11.6 Å². The first-order valence-corrected chi connectivity index (χ1v) is 12.3. The van der Waals surface area contributed by atoms with Crippen LogP contribution in [0.25, 0.3) is 0 Å². The fourth-order valence-electron chi connectivity index (χ4n) is 4.46. The molecule has 0 saturated carbocycles. The lowest BCUT2D eigenvalue weighted by Gasteiger charge is -2.38. The number of rotatable bonds is 8. The number of hydrogen-bond donors (Lipinski definition) is 2. The van der Waals surface area contributed by atoms with Crippen molar-refractivity contribution in [2.75, 3.05) is 50.8 Å². The summed E-state index contributed by atoms with van der Waals surface area (Å²) < 4.78 is 11.2. The van der Waals surface area contributed by atoms with Gasteiger partial charge in [-0.05, 0) is 43.7 Å². The van der Waals surface area contributed by atoms with Crippen LogP contribution in [0.5, 0.6) is 5.75 Å². The van der Waals surface area contributed by atoms with Gasteiger partial charge in [-0.1, -0.05) is 35.9 Å². The molecule has 2 aliphatic heterocycles. The fraction of sp³-hybridized carbons (Fsp3) is 0.385. The van der Waals surface area contributed by atoms with Crippen molar-refractivity contribution in [2.45, 2.75) is 19.9 Å². The number of carbonyl (C=O) groups is 2. The van der Waals surface area contributed by atoms with E-state index < -0.39 is 12.0 Å². The van der Waals surface area contributed by atoms with Gasteiger partial charge in [0.1, 0.15) is 5.75 Å². The smallest absolute Gasteiger partial charge is 0.338 e. The van der Waals surface area contributed by atoms with Crippen molar-refractivity contribution in [1.82, 2.24) is 15.5 Å². The highest BCUT2D eigenvalue weighted by atomic mass is 35.5. The molecule has 1 saturated heterocycles. The van der Waals surface area contributed by atoms with E-state index in [-0.39, 0.29) is 12.6 Å². The minimum Gasteiger partial charge on any atom is -0.492 e. The first kappa shape index (κ1) is 24.9. The third-order valence-corrected chi connectivity index (χ3v) is 6.36. The second-order valence-electron chi connectivity index (χ2n) is 8.36. The van der Waals surface area contributed by atoms with E-state index in [2.05, 4.69) is 26.5 Å². The molecule has 0 spiro atoms. The summed E-state index contributed by atoms with van der Waals surface area (Å²) in [5, 5.41) is 6.31. The predicted molar refractivity (Wildman–Crippen MR) is 136 cm³/mol. The number of benzene rings is 2. The Morgan fingerprint density at radius 1 is 1.03 bits per heavy atom. The number of halogens is 1. The van der Waals surface area contributed by atoms with E-state index in [1.807, 2.05) is 37.3 Å². The van der Waals surface area contributed by atoms with Gasteiger partial charge in [0.15, 0.2) is 0 Å². The van der Waals surface area contributed by atoms with Crippen LogP contribution in [0.15, 0.2) is 59.8 Å². The Kier molecular flexibility index (Phi) is 8.15. The molecule has 2 N–H and O–H groups in total. The van der Waals surface area contributed by atoms with Crippen LogP contribution in [0.2, 0.25) is 5.02 Å². The third-order valence-electron chi connectivity index (χ3n) is 6.11. The van der Waals surface area contributed by atoms with Crippen molar-refractivity contribution in [3.05, 3.63) is 70.4 Å². The first-order chi connectivity index (χ1) is 17.0. The maximum absolute atomic E-state index is 13.0. The SMILES string of the molecule is CCOC(=O)C1=C(CN2CCN(c3ccccc3OCC)CC2)NC(=O)N[C@@H]1c1ccc(Cl)cc1. The standard InChI is InChI=1S/C26H31ClN4O4/c1-3-34-22-8-6-5-7-21(22)31-15-13-30(14-16-31)17-20-23(25(32)35-4-2)24(29-26(33)28-20)18-9-11-19(27)12-10-18/h5-12,24H,3-4,13-17H2,1-2H3,(H2,28,29,33)/t24-/m1/s1. The molecule has 0 radical (unpaired) electrons. The lowest BCUT2D eigenvalue weighted by Crippen LogP contribution is -2.51. The summed E-state index contributed by atoms with van der Waals surface area (Å²) in [4.78, 5) is 30.1. The summed E-state index contributed by atoms with van der Waals surface area (Å²) in [5.74, 6) is 0.436. The molecule has 8 nitrogen and oxygen atoms in total. The van der Waals surface area contributed by atoms with Gasteiger partial charge in [-0.25, -0.2) is 9.59 Å². The van der Waals surface area contributed by atoms with Gasteiger partial charge in [0, 0.05) is 43.4 Å². The van der Waals surface area contributed by atoms with Gasteiger partial charge in [0.2, 0.25) is 0 Å². The van der Waals surface area contributed by atoms with E-state index in [9.17, 15) is 9.59 Å². The number of piperazine rings is 1. The maximum Gasteiger partial charge on any atom is 0.338 e. The highest BCUT2D eigenvalue weighted by Gasteiger charge is 2.34. The number of amides is 2. The highest BCUT2D eigenvalue weighted by molar-refractivity contribution is 6.30. The van der Waals surface area contributed by atoms with E-state index in [1.165, 1.54) is 0 Å². The molecule has 186 valence electrons. The molecule has 2 aliphatic rings. The summed E-state index contributed by atoms with van der Waals surface area (Å²) in [6.45, 7) is 8.20. The van der Waals surface area contributed by atoms with Crippen LogP contribution in [0.3, 0.4) is 0 Å². The van der Waals surface area contributed by atoms with Crippen LogP contribution in [-0.4, -0.2) is 62.8 Å². The van der Waals surface area contributed by atoms with Crippen LogP contribution in [-0.2, 0) is 9.53 Å². The molecule has 2 aromatic rings. The van der Waals surface area contributed by atoms with Gasteiger partial charge >= 0.3 is 12.0 Å². The molecule has 0 bridgehead atoms. The first-order valence-electron chi connectivity index (χ1n) is 11.9. The number of para-hydroxylation sites is 2. The van der Waals surface area contributed by atoms with Crippen LogP contribution in [0.1, 0.15) is 25.5 Å². The third kappa shape index (κ3) is 5.89. The minimum atomic E-state index is -0.616. The monoisotopic (exact) mass is 498 g/mol. The van der Waals surface area contributed by atoms with Crippen LogP contribution in [0.4, 0.5) is 10.5 Å². The number of urea groups is 1. The van der Waals surface area contributed by atoms with E-state index >= 15 is 0 Å². The Morgan fingerprint density at radius 2 is 1.74 bits per heavy atom. The molecular weight excluding hydrogens is 468 g/mol. The molecule has 0 unspecified atom stereocenters. The van der Waals surface area contributed by atoms with Gasteiger partial charge in [-0.2, -0.15) is 0 Å². The number of nitrogens with one attached hydrogen (secondary N) is 2. The Balaban J connectivity index is 1.54. The van der Waals surface area contributed by atoms with E-state index in [4.69, 9.17) is 21.1 Å². The van der Waals surface area contributed by atoms with Crippen molar-refractivity contribution in [1.29, 1.82) is 0 Å². The Labute approximate surface area is 210 Å². The number of ether oxygens (including phenoxy) is 2. The molecule has 9 heteroatoms. The van der Waals surface area contributed by atoms with Gasteiger partial charge in [0.25, 0.3) is 0 Å². The lowest BCUT2D eigenvalue weighted by molar-refractivity contribution is -0.139. The molecule has 0 aliphatic carbocycles. The summed E-state index contributed by atoms with van der Waals surface area (Å²) in [6.07, 6.45) is 0. The largest absolute Gasteiger partial charge is 0.492 e. The molecule has 2 heterocycles. The number of anilines is 1. The molecule has 1 fully saturated rings. The molecule has 1 atom stereocenters. The summed E-state index contributed by atoms with van der Waals surface area (Å²) in [7, 11) is 0. The number of esters is 1. The topological polar surface area (TPSA) is 83.1 Å². The second kappa shape index (κ2) is 11.5. The molecule has 2 amide bonds. The Bertz CT molecular complexity index is 1080. The molecular formula is C26H31ClN4O4. The minimum absolute atomic E-state index is 0.245. The van der Waals surface area contributed by atoms with E-state index in [0.717, 1.165) is 43.2 Å². The Hall–Kier alpha value is -3.23. The number of nitrogens with zero attached hydrogens (tertiary/aromatic N) is 2. The molecule has 2 aromatic carbocycles. The fourth-order valence-corrected chi connectivity index (χ4v) is 4.59. The van der Waals surface area contributed by atoms with Crippen LogP contribution in [0, 0.1) is 0 Å². The molecule has 35 heavy (non-hydrogen) atoms. The zero-order valence-corrected chi connectivity index (χ0v) is 20.8.